The SMILES string of the molecule is CC(C)c1ccc2c(c1)OC1(O)C3=CCCC(N)=C3C(=O)C21NC(=O)C(C)(C)C. The molecule has 2 unspecified atom stereocenters. The minimum atomic E-state index is -2.02. The molecule has 1 fully saturated rings. The van der Waals surface area contributed by atoms with Crippen molar-refractivity contribution in [3.05, 3.63) is 52.2 Å². The van der Waals surface area contributed by atoms with E-state index < -0.39 is 22.5 Å². The van der Waals surface area contributed by atoms with Crippen molar-refractivity contribution in [2.75, 3.05) is 0 Å². The van der Waals surface area contributed by atoms with Gasteiger partial charge in [0.15, 0.2) is 0 Å². The highest BCUT2D eigenvalue weighted by molar-refractivity contribution is 6.15. The van der Waals surface area contributed by atoms with Crippen LogP contribution in [0.15, 0.2) is 41.1 Å². The molecule has 1 aliphatic heterocycles. The molecule has 0 spiro atoms. The molecule has 4 rings (SSSR count). The zero-order valence-electron chi connectivity index (χ0n) is 17.6. The van der Waals surface area contributed by atoms with Gasteiger partial charge >= 0.3 is 0 Å². The zero-order valence-corrected chi connectivity index (χ0v) is 17.6. The van der Waals surface area contributed by atoms with Crippen molar-refractivity contribution < 1.29 is 19.4 Å². The summed E-state index contributed by atoms with van der Waals surface area (Å²) in [6.45, 7) is 9.39. The highest BCUT2D eigenvalue weighted by atomic mass is 16.6. The topological polar surface area (TPSA) is 102 Å². The fourth-order valence-corrected chi connectivity index (χ4v) is 4.35. The Balaban J connectivity index is 1.99. The number of nitrogens with one attached hydrogen (secondary N) is 1. The first-order chi connectivity index (χ1) is 13.4. The van der Waals surface area contributed by atoms with Crippen LogP contribution < -0.4 is 15.8 Å². The molecule has 3 aliphatic rings. The fraction of sp³-hybridized carbons (Fsp3) is 0.478. The van der Waals surface area contributed by atoms with Crippen LogP contribution in [-0.4, -0.2) is 22.6 Å². The second-order valence-corrected chi connectivity index (χ2v) is 9.50. The molecule has 6 heteroatoms. The van der Waals surface area contributed by atoms with E-state index in [-0.39, 0.29) is 17.4 Å². The summed E-state index contributed by atoms with van der Waals surface area (Å²) in [5.74, 6) is -2.15. The van der Waals surface area contributed by atoms with E-state index in [1.54, 1.807) is 32.9 Å². The Morgan fingerprint density at radius 3 is 2.62 bits per heavy atom. The summed E-state index contributed by atoms with van der Waals surface area (Å²) in [5.41, 5.74) is 6.17. The monoisotopic (exact) mass is 396 g/mol. The van der Waals surface area contributed by atoms with Crippen LogP contribution in [0.2, 0.25) is 0 Å². The Kier molecular flexibility index (Phi) is 4.05. The first kappa shape index (κ1) is 19.7. The molecular formula is C23H28N2O4. The number of benzene rings is 1. The number of carbonyl (C=O) groups excluding carboxylic acids is 2. The van der Waals surface area contributed by atoms with Crippen molar-refractivity contribution in [1.29, 1.82) is 0 Å². The summed E-state index contributed by atoms with van der Waals surface area (Å²) < 4.78 is 6.08. The zero-order chi connectivity index (χ0) is 21.4. The number of hydrogen-bond acceptors (Lipinski definition) is 5. The molecule has 1 amide bonds. The van der Waals surface area contributed by atoms with E-state index in [1.165, 1.54) is 0 Å². The largest absolute Gasteiger partial charge is 0.454 e. The summed E-state index contributed by atoms with van der Waals surface area (Å²) in [7, 11) is 0. The number of rotatable bonds is 2. The van der Waals surface area contributed by atoms with Crippen molar-refractivity contribution in [2.45, 2.75) is 64.7 Å². The molecule has 29 heavy (non-hydrogen) atoms. The predicted molar refractivity (Wildman–Crippen MR) is 109 cm³/mol. The van der Waals surface area contributed by atoms with Crippen LogP contribution >= 0.6 is 0 Å². The third-order valence-electron chi connectivity index (χ3n) is 6.11. The molecule has 0 radical (unpaired) electrons. The van der Waals surface area contributed by atoms with Gasteiger partial charge in [-0.25, -0.2) is 0 Å². The van der Waals surface area contributed by atoms with Gasteiger partial charge in [0.25, 0.3) is 5.79 Å². The normalized spacial score (nSPS) is 28.0. The lowest BCUT2D eigenvalue weighted by Gasteiger charge is -2.36. The van der Waals surface area contributed by atoms with Crippen LogP contribution in [-0.2, 0) is 15.1 Å². The molecule has 0 aromatic heterocycles. The van der Waals surface area contributed by atoms with Crippen molar-refractivity contribution >= 4 is 11.7 Å². The van der Waals surface area contributed by atoms with Gasteiger partial charge in [0.1, 0.15) is 5.75 Å². The molecule has 2 aliphatic carbocycles. The number of carbonyl (C=O) groups is 2. The lowest BCUT2D eigenvalue weighted by atomic mass is 9.81. The minimum Gasteiger partial charge on any atom is -0.454 e. The Morgan fingerprint density at radius 2 is 2.00 bits per heavy atom. The number of ketones is 1. The van der Waals surface area contributed by atoms with E-state index >= 15 is 0 Å². The van der Waals surface area contributed by atoms with Crippen LogP contribution in [0.3, 0.4) is 0 Å². The number of amides is 1. The van der Waals surface area contributed by atoms with Crippen LogP contribution in [0.25, 0.3) is 0 Å². The Bertz CT molecular complexity index is 999. The van der Waals surface area contributed by atoms with Gasteiger partial charge in [-0.3, -0.25) is 9.59 Å². The fourth-order valence-electron chi connectivity index (χ4n) is 4.35. The second-order valence-electron chi connectivity index (χ2n) is 9.50. The average Bonchev–Trinajstić information content (AvgIpc) is 2.98. The van der Waals surface area contributed by atoms with Gasteiger partial charge in [-0.05, 0) is 30.4 Å². The molecule has 154 valence electrons. The summed E-state index contributed by atoms with van der Waals surface area (Å²) in [5, 5.41) is 14.7. The standard InChI is InChI=1S/C23H28N2O4/c1-12(2)13-9-10-14-17(11-13)29-23(28)15-7-6-8-16(24)18(15)19(26)22(14,23)25-20(27)21(3,4)5/h7,9-12,28H,6,8,24H2,1-5H3,(H,25,27). The van der Waals surface area contributed by atoms with Crippen molar-refractivity contribution in [3.8, 4) is 5.75 Å². The lowest BCUT2D eigenvalue weighted by molar-refractivity contribution is -0.162. The first-order valence-corrected chi connectivity index (χ1v) is 10.1. The number of Topliss-reactive ketones (excluding diaryl/α,β-unsaturated/α-hetero) is 1. The van der Waals surface area contributed by atoms with Crippen LogP contribution in [0, 0.1) is 5.41 Å². The van der Waals surface area contributed by atoms with Crippen molar-refractivity contribution in [3.63, 3.8) is 0 Å². The van der Waals surface area contributed by atoms with E-state index in [9.17, 15) is 14.7 Å². The van der Waals surface area contributed by atoms with Gasteiger partial charge < -0.3 is 20.9 Å². The molecule has 2 atom stereocenters. The first-order valence-electron chi connectivity index (χ1n) is 10.1. The quantitative estimate of drug-likeness (QED) is 0.713. The number of ether oxygens (including phenoxy) is 1. The summed E-state index contributed by atoms with van der Waals surface area (Å²) >= 11 is 0. The molecule has 4 N–H and O–H groups in total. The molecule has 0 bridgehead atoms. The average molecular weight is 396 g/mol. The van der Waals surface area contributed by atoms with Gasteiger partial charge in [-0.15, -0.1) is 0 Å². The maximum atomic E-state index is 13.8. The van der Waals surface area contributed by atoms with Gasteiger partial charge in [0, 0.05) is 27.8 Å². The number of fused-ring (bicyclic) bond motifs is 5. The van der Waals surface area contributed by atoms with Crippen LogP contribution in [0.4, 0.5) is 0 Å². The molecule has 1 saturated carbocycles. The van der Waals surface area contributed by atoms with E-state index in [0.717, 1.165) is 5.56 Å². The van der Waals surface area contributed by atoms with E-state index in [0.29, 0.717) is 35.4 Å². The molecule has 0 saturated heterocycles. The van der Waals surface area contributed by atoms with Gasteiger partial charge in [-0.1, -0.05) is 52.8 Å². The summed E-state index contributed by atoms with van der Waals surface area (Å²) in [6, 6.07) is 5.52. The van der Waals surface area contributed by atoms with Crippen molar-refractivity contribution in [1.82, 2.24) is 5.32 Å². The lowest BCUT2D eigenvalue weighted by Crippen LogP contribution is -2.63. The number of nitrogens with two attached hydrogens (primary N) is 1. The van der Waals surface area contributed by atoms with E-state index in [1.807, 2.05) is 12.1 Å². The van der Waals surface area contributed by atoms with Gasteiger partial charge in [-0.2, -0.15) is 0 Å². The third-order valence-corrected chi connectivity index (χ3v) is 6.11. The summed E-state index contributed by atoms with van der Waals surface area (Å²) in [4.78, 5) is 26.8. The number of aliphatic hydroxyl groups is 1. The second kappa shape index (κ2) is 5.95. The molecule has 1 aromatic carbocycles. The maximum Gasteiger partial charge on any atom is 0.270 e. The molecule has 1 aromatic rings. The third kappa shape index (κ3) is 2.45. The van der Waals surface area contributed by atoms with Crippen molar-refractivity contribution in [2.24, 2.45) is 11.1 Å². The predicted octanol–water partition coefficient (Wildman–Crippen LogP) is 2.76. The van der Waals surface area contributed by atoms with Gasteiger partial charge in [0.05, 0.1) is 0 Å². The Hall–Kier alpha value is -2.60. The summed E-state index contributed by atoms with van der Waals surface area (Å²) in [6.07, 6.45) is 2.92. The smallest absolute Gasteiger partial charge is 0.270 e. The van der Waals surface area contributed by atoms with Gasteiger partial charge in [0.2, 0.25) is 17.2 Å². The van der Waals surface area contributed by atoms with E-state index in [2.05, 4.69) is 19.2 Å². The van der Waals surface area contributed by atoms with Crippen LogP contribution in [0.1, 0.15) is 64.5 Å². The Labute approximate surface area is 170 Å². The number of hydrogen-bond donors (Lipinski definition) is 3. The Morgan fingerprint density at radius 1 is 1.31 bits per heavy atom. The minimum absolute atomic E-state index is 0.245. The molecule has 1 heterocycles. The highest BCUT2D eigenvalue weighted by Crippen LogP contribution is 2.59. The molecule has 6 nitrogen and oxygen atoms in total. The van der Waals surface area contributed by atoms with E-state index in [4.69, 9.17) is 10.5 Å². The highest BCUT2D eigenvalue weighted by Gasteiger charge is 2.74. The molecular weight excluding hydrogens is 368 g/mol. The maximum absolute atomic E-state index is 13.8. The number of allylic oxidation sites excluding steroid dienone is 2. The van der Waals surface area contributed by atoms with Crippen LogP contribution in [0.5, 0.6) is 5.75 Å².